The lowest BCUT2D eigenvalue weighted by molar-refractivity contribution is -0.130. The predicted molar refractivity (Wildman–Crippen MR) is 77.9 cm³/mol. The van der Waals surface area contributed by atoms with Crippen molar-refractivity contribution in [1.29, 1.82) is 0 Å². The van der Waals surface area contributed by atoms with E-state index in [4.69, 9.17) is 9.47 Å². The first kappa shape index (κ1) is 14.9. The Morgan fingerprint density at radius 1 is 1.35 bits per heavy atom. The molecule has 2 rings (SSSR count). The number of carbonyl (C=O) groups is 1. The summed E-state index contributed by atoms with van der Waals surface area (Å²) in [5, 5.41) is 0. The quantitative estimate of drug-likeness (QED) is 0.799. The van der Waals surface area contributed by atoms with Gasteiger partial charge in [-0.15, -0.1) is 0 Å². The minimum absolute atomic E-state index is 0.231. The molecule has 1 heterocycles. The molecule has 0 radical (unpaired) electrons. The molecule has 1 amide bonds. The van der Waals surface area contributed by atoms with Crippen LogP contribution in [0.1, 0.15) is 18.4 Å². The number of benzene rings is 1. The standard InChI is InChI=1S/C16H23NO3/c1-19-12-13-9-10-17(11-13)16(18)8-7-14-5-3-4-6-15(14)20-2/h3-6,13H,7-12H2,1-2H3/t13-/m1/s1. The largest absolute Gasteiger partial charge is 0.496 e. The normalized spacial score (nSPS) is 18.3. The highest BCUT2D eigenvalue weighted by Crippen LogP contribution is 2.21. The van der Waals surface area contributed by atoms with Crippen molar-refractivity contribution in [1.82, 2.24) is 4.90 Å². The molecule has 110 valence electrons. The fourth-order valence-corrected chi connectivity index (χ4v) is 2.74. The van der Waals surface area contributed by atoms with E-state index in [0.29, 0.717) is 12.3 Å². The molecule has 0 saturated carbocycles. The topological polar surface area (TPSA) is 38.8 Å². The second-order valence-electron chi connectivity index (χ2n) is 5.26. The maximum atomic E-state index is 12.2. The van der Waals surface area contributed by atoms with E-state index in [1.807, 2.05) is 29.2 Å². The molecule has 1 aromatic rings. The van der Waals surface area contributed by atoms with Gasteiger partial charge in [-0.05, 0) is 24.5 Å². The van der Waals surface area contributed by atoms with Gasteiger partial charge in [0.2, 0.25) is 5.91 Å². The van der Waals surface area contributed by atoms with Gasteiger partial charge in [-0.25, -0.2) is 0 Å². The average molecular weight is 277 g/mol. The van der Waals surface area contributed by atoms with Gasteiger partial charge < -0.3 is 14.4 Å². The summed E-state index contributed by atoms with van der Waals surface area (Å²) in [4.78, 5) is 14.2. The van der Waals surface area contributed by atoms with Gasteiger partial charge in [-0.3, -0.25) is 4.79 Å². The third-order valence-electron chi connectivity index (χ3n) is 3.84. The first-order chi connectivity index (χ1) is 9.74. The maximum Gasteiger partial charge on any atom is 0.222 e. The Bertz CT molecular complexity index is 447. The Balaban J connectivity index is 1.83. The molecule has 0 aliphatic carbocycles. The number of nitrogens with zero attached hydrogens (tertiary/aromatic N) is 1. The van der Waals surface area contributed by atoms with Crippen LogP contribution in [0.15, 0.2) is 24.3 Å². The molecule has 4 heteroatoms. The van der Waals surface area contributed by atoms with E-state index in [0.717, 1.165) is 43.9 Å². The number of likely N-dealkylation sites (tertiary alicyclic amines) is 1. The van der Waals surface area contributed by atoms with Crippen LogP contribution in [0.3, 0.4) is 0 Å². The molecule has 1 fully saturated rings. The summed E-state index contributed by atoms with van der Waals surface area (Å²) in [6, 6.07) is 7.88. The number of carbonyl (C=O) groups excluding carboxylic acids is 1. The SMILES string of the molecule is COC[C@@H]1CCN(C(=O)CCc2ccccc2OC)C1. The number of para-hydroxylation sites is 1. The molecule has 0 N–H and O–H groups in total. The van der Waals surface area contributed by atoms with Crippen LogP contribution in [0.25, 0.3) is 0 Å². The summed E-state index contributed by atoms with van der Waals surface area (Å²) < 4.78 is 10.5. The summed E-state index contributed by atoms with van der Waals surface area (Å²) in [6.07, 6.45) is 2.32. The van der Waals surface area contributed by atoms with Crippen molar-refractivity contribution in [2.45, 2.75) is 19.3 Å². The van der Waals surface area contributed by atoms with E-state index in [2.05, 4.69) is 0 Å². The summed E-state index contributed by atoms with van der Waals surface area (Å²) >= 11 is 0. The molecule has 1 aliphatic heterocycles. The molecule has 1 atom stereocenters. The number of hydrogen-bond donors (Lipinski definition) is 0. The lowest BCUT2D eigenvalue weighted by atomic mass is 10.1. The number of ether oxygens (including phenoxy) is 2. The minimum Gasteiger partial charge on any atom is -0.496 e. The van der Waals surface area contributed by atoms with Crippen molar-refractivity contribution in [3.8, 4) is 5.75 Å². The molecule has 4 nitrogen and oxygen atoms in total. The lowest BCUT2D eigenvalue weighted by Crippen LogP contribution is -2.29. The highest BCUT2D eigenvalue weighted by atomic mass is 16.5. The molecule has 0 aromatic heterocycles. The van der Waals surface area contributed by atoms with Crippen molar-refractivity contribution < 1.29 is 14.3 Å². The molecule has 1 saturated heterocycles. The zero-order chi connectivity index (χ0) is 14.4. The Labute approximate surface area is 120 Å². The highest BCUT2D eigenvalue weighted by molar-refractivity contribution is 5.76. The Hall–Kier alpha value is -1.55. The molecule has 0 bridgehead atoms. The number of hydrogen-bond acceptors (Lipinski definition) is 3. The number of rotatable bonds is 6. The molecule has 1 aromatic carbocycles. The average Bonchev–Trinajstić information content (AvgIpc) is 2.94. The van der Waals surface area contributed by atoms with Crippen LogP contribution >= 0.6 is 0 Å². The fourth-order valence-electron chi connectivity index (χ4n) is 2.74. The highest BCUT2D eigenvalue weighted by Gasteiger charge is 2.25. The van der Waals surface area contributed by atoms with Crippen LogP contribution in [0, 0.1) is 5.92 Å². The van der Waals surface area contributed by atoms with E-state index in [9.17, 15) is 4.79 Å². The van der Waals surface area contributed by atoms with Crippen molar-refractivity contribution >= 4 is 5.91 Å². The first-order valence-corrected chi connectivity index (χ1v) is 7.13. The first-order valence-electron chi connectivity index (χ1n) is 7.13. The monoisotopic (exact) mass is 277 g/mol. The zero-order valence-electron chi connectivity index (χ0n) is 12.3. The number of amides is 1. The van der Waals surface area contributed by atoms with E-state index in [1.54, 1.807) is 14.2 Å². The number of methoxy groups -OCH3 is 2. The molecule has 20 heavy (non-hydrogen) atoms. The van der Waals surface area contributed by atoms with Crippen molar-refractivity contribution in [2.75, 3.05) is 33.9 Å². The third-order valence-corrected chi connectivity index (χ3v) is 3.84. The van der Waals surface area contributed by atoms with Gasteiger partial charge in [0, 0.05) is 32.5 Å². The van der Waals surface area contributed by atoms with Gasteiger partial charge in [-0.2, -0.15) is 0 Å². The Morgan fingerprint density at radius 3 is 2.90 bits per heavy atom. The Morgan fingerprint density at radius 2 is 2.15 bits per heavy atom. The summed E-state index contributed by atoms with van der Waals surface area (Å²) in [7, 11) is 3.38. The fraction of sp³-hybridized carbons (Fsp3) is 0.562. The second-order valence-corrected chi connectivity index (χ2v) is 5.26. The van der Waals surface area contributed by atoms with Crippen LogP contribution in [0.4, 0.5) is 0 Å². The van der Waals surface area contributed by atoms with Crippen LogP contribution in [-0.4, -0.2) is 44.7 Å². The molecule has 1 aliphatic rings. The van der Waals surface area contributed by atoms with E-state index in [1.165, 1.54) is 0 Å². The van der Waals surface area contributed by atoms with E-state index < -0.39 is 0 Å². The van der Waals surface area contributed by atoms with Crippen LogP contribution in [0.2, 0.25) is 0 Å². The van der Waals surface area contributed by atoms with E-state index >= 15 is 0 Å². The van der Waals surface area contributed by atoms with Crippen molar-refractivity contribution in [3.05, 3.63) is 29.8 Å². The van der Waals surface area contributed by atoms with Crippen molar-refractivity contribution in [2.24, 2.45) is 5.92 Å². The van der Waals surface area contributed by atoms with Gasteiger partial charge in [0.1, 0.15) is 5.75 Å². The third kappa shape index (κ3) is 3.73. The summed E-state index contributed by atoms with van der Waals surface area (Å²) in [6.45, 7) is 2.44. The zero-order valence-corrected chi connectivity index (χ0v) is 12.3. The summed E-state index contributed by atoms with van der Waals surface area (Å²) in [5.74, 6) is 1.59. The van der Waals surface area contributed by atoms with E-state index in [-0.39, 0.29) is 5.91 Å². The second kappa shape index (κ2) is 7.29. The predicted octanol–water partition coefficient (Wildman–Crippen LogP) is 2.12. The van der Waals surface area contributed by atoms with Gasteiger partial charge in [0.15, 0.2) is 0 Å². The smallest absolute Gasteiger partial charge is 0.222 e. The molecule has 0 unspecified atom stereocenters. The van der Waals surface area contributed by atoms with Gasteiger partial charge in [0.05, 0.1) is 13.7 Å². The van der Waals surface area contributed by atoms with Crippen LogP contribution in [0.5, 0.6) is 5.75 Å². The lowest BCUT2D eigenvalue weighted by Gasteiger charge is -2.17. The minimum atomic E-state index is 0.231. The van der Waals surface area contributed by atoms with Crippen molar-refractivity contribution in [3.63, 3.8) is 0 Å². The Kier molecular flexibility index (Phi) is 5.41. The number of aryl methyl sites for hydroxylation is 1. The van der Waals surface area contributed by atoms with Gasteiger partial charge >= 0.3 is 0 Å². The summed E-state index contributed by atoms with van der Waals surface area (Å²) in [5.41, 5.74) is 1.09. The van der Waals surface area contributed by atoms with Gasteiger partial charge in [-0.1, -0.05) is 18.2 Å². The maximum absolute atomic E-state index is 12.2. The van der Waals surface area contributed by atoms with Crippen LogP contribution in [-0.2, 0) is 16.0 Å². The van der Waals surface area contributed by atoms with Crippen LogP contribution < -0.4 is 4.74 Å². The molecular weight excluding hydrogens is 254 g/mol. The molecular formula is C16H23NO3. The molecule has 0 spiro atoms. The van der Waals surface area contributed by atoms with Gasteiger partial charge in [0.25, 0.3) is 0 Å².